The summed E-state index contributed by atoms with van der Waals surface area (Å²) in [6, 6.07) is 8.18. The summed E-state index contributed by atoms with van der Waals surface area (Å²) >= 11 is 5.30. The van der Waals surface area contributed by atoms with Gasteiger partial charge < -0.3 is 5.32 Å². The maximum atomic E-state index is 4.50. The summed E-state index contributed by atoms with van der Waals surface area (Å²) in [5.74, 6) is 1.70. The zero-order chi connectivity index (χ0) is 15.1. The average Bonchev–Trinajstić information content (AvgIpc) is 2.88. The molecule has 0 aliphatic heterocycles. The third-order valence-electron chi connectivity index (χ3n) is 4.20. The Morgan fingerprint density at radius 2 is 2.05 bits per heavy atom. The molecule has 0 spiro atoms. The van der Waals surface area contributed by atoms with E-state index in [0.717, 1.165) is 33.1 Å². The zero-order valence-electron chi connectivity index (χ0n) is 12.3. The van der Waals surface area contributed by atoms with Gasteiger partial charge in [-0.1, -0.05) is 22.9 Å². The van der Waals surface area contributed by atoms with Gasteiger partial charge in [-0.2, -0.15) is 0 Å². The highest BCUT2D eigenvalue weighted by Crippen LogP contribution is 2.40. The molecule has 0 fully saturated rings. The van der Waals surface area contributed by atoms with E-state index in [1.807, 2.05) is 23.5 Å². The minimum absolute atomic E-state index is 0.774. The molecule has 2 heterocycles. The number of rotatable bonds is 2. The monoisotopic (exact) mass is 373 g/mol. The minimum Gasteiger partial charge on any atom is -0.340 e. The molecular formula is C17H16BrN3S. The van der Waals surface area contributed by atoms with Crippen molar-refractivity contribution in [2.24, 2.45) is 5.92 Å². The van der Waals surface area contributed by atoms with E-state index >= 15 is 0 Å². The third kappa shape index (κ3) is 2.52. The molecule has 0 radical (unpaired) electrons. The van der Waals surface area contributed by atoms with Gasteiger partial charge in [0.05, 0.1) is 5.39 Å². The van der Waals surface area contributed by atoms with E-state index < -0.39 is 0 Å². The van der Waals surface area contributed by atoms with Gasteiger partial charge in [0.2, 0.25) is 0 Å². The summed E-state index contributed by atoms with van der Waals surface area (Å²) in [6.07, 6.45) is 5.23. The molecule has 4 rings (SSSR count). The molecule has 0 saturated heterocycles. The van der Waals surface area contributed by atoms with Crippen LogP contribution in [0.3, 0.4) is 0 Å². The highest BCUT2D eigenvalue weighted by atomic mass is 79.9. The van der Waals surface area contributed by atoms with Crippen LogP contribution in [0.25, 0.3) is 10.2 Å². The van der Waals surface area contributed by atoms with Crippen molar-refractivity contribution in [3.63, 3.8) is 0 Å². The second-order valence-corrected chi connectivity index (χ2v) is 7.89. The molecule has 0 saturated carbocycles. The maximum absolute atomic E-state index is 4.50. The molecule has 1 aliphatic carbocycles. The molecule has 2 aromatic heterocycles. The number of thiophene rings is 1. The van der Waals surface area contributed by atoms with Gasteiger partial charge in [-0.25, -0.2) is 9.97 Å². The summed E-state index contributed by atoms with van der Waals surface area (Å²) < 4.78 is 1.08. The molecule has 3 nitrogen and oxygen atoms in total. The Balaban J connectivity index is 1.79. The molecule has 112 valence electrons. The number of aromatic nitrogens is 2. The van der Waals surface area contributed by atoms with Gasteiger partial charge in [0.1, 0.15) is 17.0 Å². The van der Waals surface area contributed by atoms with Crippen molar-refractivity contribution >= 4 is 49.0 Å². The summed E-state index contributed by atoms with van der Waals surface area (Å²) in [5.41, 5.74) is 2.51. The van der Waals surface area contributed by atoms with E-state index in [0.29, 0.717) is 0 Å². The lowest BCUT2D eigenvalue weighted by molar-refractivity contribution is 0.509. The Morgan fingerprint density at radius 1 is 1.23 bits per heavy atom. The van der Waals surface area contributed by atoms with Crippen molar-refractivity contribution in [2.45, 2.75) is 26.2 Å². The topological polar surface area (TPSA) is 37.8 Å². The number of aryl methyl sites for hydroxylation is 1. The van der Waals surface area contributed by atoms with Crippen LogP contribution in [0, 0.1) is 5.92 Å². The summed E-state index contributed by atoms with van der Waals surface area (Å²) in [7, 11) is 0. The van der Waals surface area contributed by atoms with Crippen LogP contribution in [0.15, 0.2) is 35.1 Å². The Bertz CT molecular complexity index is 826. The van der Waals surface area contributed by atoms with Crippen LogP contribution < -0.4 is 5.32 Å². The molecule has 22 heavy (non-hydrogen) atoms. The van der Waals surface area contributed by atoms with Crippen molar-refractivity contribution in [2.75, 3.05) is 5.32 Å². The number of nitrogens with zero attached hydrogens (tertiary/aromatic N) is 2. The van der Waals surface area contributed by atoms with Crippen molar-refractivity contribution < 1.29 is 0 Å². The fourth-order valence-corrected chi connectivity index (χ4v) is 4.65. The number of hydrogen-bond donors (Lipinski definition) is 1. The quantitative estimate of drug-likeness (QED) is 0.660. The Morgan fingerprint density at radius 3 is 2.86 bits per heavy atom. The largest absolute Gasteiger partial charge is 0.340 e. The molecule has 1 aliphatic rings. The number of benzene rings is 1. The first-order valence-corrected chi connectivity index (χ1v) is 9.09. The fourth-order valence-electron chi connectivity index (χ4n) is 3.04. The first kappa shape index (κ1) is 14.2. The second-order valence-electron chi connectivity index (χ2n) is 5.89. The Hall–Kier alpha value is -1.46. The first-order valence-electron chi connectivity index (χ1n) is 7.48. The van der Waals surface area contributed by atoms with Gasteiger partial charge in [-0.3, -0.25) is 0 Å². The molecule has 1 aromatic carbocycles. The van der Waals surface area contributed by atoms with Crippen LogP contribution in [0.2, 0.25) is 0 Å². The van der Waals surface area contributed by atoms with E-state index in [-0.39, 0.29) is 0 Å². The van der Waals surface area contributed by atoms with Gasteiger partial charge in [0, 0.05) is 15.0 Å². The van der Waals surface area contributed by atoms with E-state index in [4.69, 9.17) is 0 Å². The van der Waals surface area contributed by atoms with Crippen LogP contribution in [-0.4, -0.2) is 9.97 Å². The van der Waals surface area contributed by atoms with E-state index in [1.165, 1.54) is 28.7 Å². The highest BCUT2D eigenvalue weighted by molar-refractivity contribution is 9.10. The predicted octanol–water partition coefficient (Wildman–Crippen LogP) is 5.32. The third-order valence-corrected chi connectivity index (χ3v) is 5.89. The summed E-state index contributed by atoms with van der Waals surface area (Å²) in [5, 5.41) is 4.68. The van der Waals surface area contributed by atoms with Gasteiger partial charge in [-0.05, 0) is 55.0 Å². The molecule has 0 amide bonds. The number of nitrogens with one attached hydrogen (secondary N) is 1. The van der Waals surface area contributed by atoms with Gasteiger partial charge >= 0.3 is 0 Å². The number of hydrogen-bond acceptors (Lipinski definition) is 4. The molecule has 1 atom stereocenters. The molecule has 0 bridgehead atoms. The summed E-state index contributed by atoms with van der Waals surface area (Å²) in [6.45, 7) is 2.33. The SMILES string of the molecule is C[C@H]1CCc2c(sc3ncnc(Nc4ccc(Br)cc4)c23)C1. The Labute approximate surface area is 141 Å². The van der Waals surface area contributed by atoms with Crippen molar-refractivity contribution in [1.82, 2.24) is 9.97 Å². The van der Waals surface area contributed by atoms with E-state index in [1.54, 1.807) is 6.33 Å². The van der Waals surface area contributed by atoms with Crippen LogP contribution in [0.1, 0.15) is 23.8 Å². The smallest absolute Gasteiger partial charge is 0.142 e. The molecule has 0 unspecified atom stereocenters. The fraction of sp³-hybridized carbons (Fsp3) is 0.294. The van der Waals surface area contributed by atoms with Gasteiger partial charge in [0.25, 0.3) is 0 Å². The number of fused-ring (bicyclic) bond motifs is 3. The normalized spacial score (nSPS) is 17.5. The van der Waals surface area contributed by atoms with Crippen LogP contribution in [0.5, 0.6) is 0 Å². The standard InChI is InChI=1S/C17H16BrN3S/c1-10-2-7-13-14(8-10)22-17-15(13)16(19-9-20-17)21-12-5-3-11(18)4-6-12/h3-6,9-10H,2,7-8H2,1H3,(H,19,20,21)/t10-/m0/s1. The lowest BCUT2D eigenvalue weighted by atomic mass is 9.89. The number of anilines is 2. The van der Waals surface area contributed by atoms with Crippen molar-refractivity contribution in [3.8, 4) is 0 Å². The average molecular weight is 374 g/mol. The van der Waals surface area contributed by atoms with Crippen LogP contribution in [0.4, 0.5) is 11.5 Å². The maximum Gasteiger partial charge on any atom is 0.142 e. The van der Waals surface area contributed by atoms with E-state index in [9.17, 15) is 0 Å². The predicted molar refractivity (Wildman–Crippen MR) is 96.0 cm³/mol. The van der Waals surface area contributed by atoms with Crippen LogP contribution >= 0.6 is 27.3 Å². The van der Waals surface area contributed by atoms with E-state index in [2.05, 4.69) is 50.3 Å². The lowest BCUT2D eigenvalue weighted by Crippen LogP contribution is -2.09. The summed E-state index contributed by atoms with van der Waals surface area (Å²) in [4.78, 5) is 11.6. The number of halogens is 1. The van der Waals surface area contributed by atoms with Gasteiger partial charge in [-0.15, -0.1) is 11.3 Å². The molecular weight excluding hydrogens is 358 g/mol. The highest BCUT2D eigenvalue weighted by Gasteiger charge is 2.23. The first-order chi connectivity index (χ1) is 10.7. The zero-order valence-corrected chi connectivity index (χ0v) is 14.7. The molecule has 1 N–H and O–H groups in total. The van der Waals surface area contributed by atoms with Gasteiger partial charge in [0.15, 0.2) is 0 Å². The van der Waals surface area contributed by atoms with Crippen molar-refractivity contribution in [1.29, 1.82) is 0 Å². The Kier molecular flexibility index (Phi) is 3.62. The van der Waals surface area contributed by atoms with Crippen LogP contribution in [-0.2, 0) is 12.8 Å². The minimum atomic E-state index is 0.774. The molecule has 5 heteroatoms. The second kappa shape index (κ2) is 5.63. The molecule has 3 aromatic rings. The van der Waals surface area contributed by atoms with Crippen molar-refractivity contribution in [3.05, 3.63) is 45.5 Å². The lowest BCUT2D eigenvalue weighted by Gasteiger charge is -2.18.